The van der Waals surface area contributed by atoms with Gasteiger partial charge in [0, 0.05) is 30.9 Å². The van der Waals surface area contributed by atoms with E-state index in [1.165, 1.54) is 25.4 Å². The Morgan fingerprint density at radius 3 is 2.86 bits per heavy atom. The van der Waals surface area contributed by atoms with Crippen LogP contribution in [0.1, 0.15) is 34.5 Å². The Morgan fingerprint density at radius 2 is 2.14 bits per heavy atom. The fraction of sp³-hybridized carbons (Fsp3) is 0.375. The standard InChI is InChI=1S/C16H19N3O2/c1-12-4-5-13(15(18-12)19-7-2-3-8-19)10-17-16(20)14-6-9-21-11-14/h4-6,9,11H,2-3,7-8,10H2,1H3,(H,17,20). The summed E-state index contributed by atoms with van der Waals surface area (Å²) in [5, 5.41) is 2.92. The van der Waals surface area contributed by atoms with Crippen LogP contribution < -0.4 is 10.2 Å². The first kappa shape index (κ1) is 13.7. The fourth-order valence-electron chi connectivity index (χ4n) is 2.58. The lowest BCUT2D eigenvalue weighted by Crippen LogP contribution is -2.26. The molecule has 0 spiro atoms. The van der Waals surface area contributed by atoms with Crippen molar-refractivity contribution in [2.75, 3.05) is 18.0 Å². The number of carbonyl (C=O) groups excluding carboxylic acids is 1. The van der Waals surface area contributed by atoms with Crippen molar-refractivity contribution in [1.29, 1.82) is 0 Å². The summed E-state index contributed by atoms with van der Waals surface area (Å²) in [7, 11) is 0. The van der Waals surface area contributed by atoms with Gasteiger partial charge in [0.2, 0.25) is 0 Å². The van der Waals surface area contributed by atoms with Crippen LogP contribution in [0.4, 0.5) is 5.82 Å². The Balaban J connectivity index is 1.74. The molecule has 1 saturated heterocycles. The van der Waals surface area contributed by atoms with Gasteiger partial charge in [-0.1, -0.05) is 6.07 Å². The van der Waals surface area contributed by atoms with E-state index in [0.717, 1.165) is 30.2 Å². The fourth-order valence-corrected chi connectivity index (χ4v) is 2.58. The van der Waals surface area contributed by atoms with E-state index in [2.05, 4.69) is 15.2 Å². The number of hydrogen-bond acceptors (Lipinski definition) is 4. The van der Waals surface area contributed by atoms with Gasteiger partial charge in [0.1, 0.15) is 12.1 Å². The number of nitrogens with zero attached hydrogens (tertiary/aromatic N) is 2. The van der Waals surface area contributed by atoms with Gasteiger partial charge in [-0.15, -0.1) is 0 Å². The quantitative estimate of drug-likeness (QED) is 0.937. The Hall–Kier alpha value is -2.30. The van der Waals surface area contributed by atoms with Gasteiger partial charge in [0.15, 0.2) is 0 Å². The van der Waals surface area contributed by atoms with E-state index in [4.69, 9.17) is 4.42 Å². The van der Waals surface area contributed by atoms with Crippen LogP contribution in [-0.4, -0.2) is 24.0 Å². The molecule has 2 aromatic heterocycles. The lowest BCUT2D eigenvalue weighted by molar-refractivity contribution is 0.0950. The van der Waals surface area contributed by atoms with E-state index in [-0.39, 0.29) is 5.91 Å². The van der Waals surface area contributed by atoms with Gasteiger partial charge in [-0.05, 0) is 31.9 Å². The number of pyridine rings is 1. The van der Waals surface area contributed by atoms with E-state index in [0.29, 0.717) is 12.1 Å². The maximum absolute atomic E-state index is 12.0. The van der Waals surface area contributed by atoms with Crippen LogP contribution in [-0.2, 0) is 6.54 Å². The lowest BCUT2D eigenvalue weighted by Gasteiger charge is -2.20. The molecule has 0 aliphatic carbocycles. The SMILES string of the molecule is Cc1ccc(CNC(=O)c2ccoc2)c(N2CCCC2)n1. The zero-order valence-corrected chi connectivity index (χ0v) is 12.1. The highest BCUT2D eigenvalue weighted by Gasteiger charge is 2.18. The van der Waals surface area contributed by atoms with Crippen molar-refractivity contribution in [1.82, 2.24) is 10.3 Å². The van der Waals surface area contributed by atoms with E-state index in [9.17, 15) is 4.79 Å². The van der Waals surface area contributed by atoms with Crippen LogP contribution in [0.3, 0.4) is 0 Å². The summed E-state index contributed by atoms with van der Waals surface area (Å²) < 4.78 is 4.93. The Bertz CT molecular complexity index is 616. The van der Waals surface area contributed by atoms with Crippen LogP contribution in [0.2, 0.25) is 0 Å². The Kier molecular flexibility index (Phi) is 3.90. The predicted molar refractivity (Wildman–Crippen MR) is 80.3 cm³/mol. The van der Waals surface area contributed by atoms with Crippen LogP contribution in [0, 0.1) is 6.92 Å². The minimum Gasteiger partial charge on any atom is -0.472 e. The number of rotatable bonds is 4. The van der Waals surface area contributed by atoms with Gasteiger partial charge < -0.3 is 14.6 Å². The van der Waals surface area contributed by atoms with Gasteiger partial charge in [-0.2, -0.15) is 0 Å². The third kappa shape index (κ3) is 3.07. The monoisotopic (exact) mass is 285 g/mol. The zero-order chi connectivity index (χ0) is 14.7. The topological polar surface area (TPSA) is 58.4 Å². The average molecular weight is 285 g/mol. The van der Waals surface area contributed by atoms with Crippen molar-refractivity contribution >= 4 is 11.7 Å². The van der Waals surface area contributed by atoms with Crippen LogP contribution in [0.5, 0.6) is 0 Å². The minimum atomic E-state index is -0.128. The van der Waals surface area contributed by atoms with E-state index in [1.807, 2.05) is 19.1 Å². The van der Waals surface area contributed by atoms with Crippen molar-refractivity contribution in [3.8, 4) is 0 Å². The van der Waals surface area contributed by atoms with Crippen LogP contribution in [0.25, 0.3) is 0 Å². The Morgan fingerprint density at radius 1 is 1.33 bits per heavy atom. The maximum atomic E-state index is 12.0. The van der Waals surface area contributed by atoms with Gasteiger partial charge in [0.25, 0.3) is 5.91 Å². The summed E-state index contributed by atoms with van der Waals surface area (Å²) in [5.41, 5.74) is 2.60. The molecule has 1 N–H and O–H groups in total. The van der Waals surface area contributed by atoms with E-state index < -0.39 is 0 Å². The highest BCUT2D eigenvalue weighted by atomic mass is 16.3. The normalized spacial score (nSPS) is 14.4. The molecule has 3 rings (SSSR count). The van der Waals surface area contributed by atoms with Gasteiger partial charge in [-0.25, -0.2) is 4.98 Å². The molecule has 0 aromatic carbocycles. The molecule has 5 nitrogen and oxygen atoms in total. The highest BCUT2D eigenvalue weighted by molar-refractivity contribution is 5.93. The van der Waals surface area contributed by atoms with Crippen LogP contribution >= 0.6 is 0 Å². The molecule has 0 atom stereocenters. The number of furan rings is 1. The first-order valence-electron chi connectivity index (χ1n) is 7.26. The van der Waals surface area contributed by atoms with Crippen LogP contribution in [0.15, 0.2) is 35.1 Å². The molecule has 0 radical (unpaired) electrons. The lowest BCUT2D eigenvalue weighted by atomic mass is 10.2. The summed E-state index contributed by atoms with van der Waals surface area (Å²) in [5.74, 6) is 0.872. The minimum absolute atomic E-state index is 0.128. The van der Waals surface area contributed by atoms with Crippen molar-refractivity contribution in [2.45, 2.75) is 26.3 Å². The molecule has 1 aliphatic heterocycles. The second kappa shape index (κ2) is 5.99. The van der Waals surface area contributed by atoms with E-state index in [1.54, 1.807) is 6.07 Å². The number of amides is 1. The third-order valence-corrected chi connectivity index (χ3v) is 3.72. The second-order valence-corrected chi connectivity index (χ2v) is 5.32. The van der Waals surface area contributed by atoms with Gasteiger partial charge >= 0.3 is 0 Å². The maximum Gasteiger partial charge on any atom is 0.254 e. The summed E-state index contributed by atoms with van der Waals surface area (Å²) >= 11 is 0. The first-order chi connectivity index (χ1) is 10.2. The Labute approximate surface area is 124 Å². The summed E-state index contributed by atoms with van der Waals surface area (Å²) in [6.07, 6.45) is 5.36. The molecule has 21 heavy (non-hydrogen) atoms. The number of carbonyl (C=O) groups is 1. The number of aryl methyl sites for hydroxylation is 1. The molecule has 3 heterocycles. The average Bonchev–Trinajstić information content (AvgIpc) is 3.18. The number of hydrogen-bond donors (Lipinski definition) is 1. The van der Waals surface area contributed by atoms with Crippen molar-refractivity contribution in [3.63, 3.8) is 0 Å². The largest absolute Gasteiger partial charge is 0.472 e. The summed E-state index contributed by atoms with van der Waals surface area (Å²) in [6, 6.07) is 5.69. The predicted octanol–water partition coefficient (Wildman–Crippen LogP) is 2.51. The molecule has 1 aliphatic rings. The molecule has 0 saturated carbocycles. The second-order valence-electron chi connectivity index (χ2n) is 5.32. The first-order valence-corrected chi connectivity index (χ1v) is 7.26. The van der Waals surface area contributed by atoms with Crippen molar-refractivity contribution < 1.29 is 9.21 Å². The molecule has 110 valence electrons. The smallest absolute Gasteiger partial charge is 0.254 e. The molecule has 1 fully saturated rings. The van der Waals surface area contributed by atoms with Crippen molar-refractivity contribution in [2.24, 2.45) is 0 Å². The summed E-state index contributed by atoms with van der Waals surface area (Å²) in [6.45, 7) is 4.55. The zero-order valence-electron chi connectivity index (χ0n) is 12.1. The molecule has 5 heteroatoms. The molecular formula is C16H19N3O2. The third-order valence-electron chi connectivity index (χ3n) is 3.72. The van der Waals surface area contributed by atoms with Crippen molar-refractivity contribution in [3.05, 3.63) is 47.5 Å². The molecule has 2 aromatic rings. The number of anilines is 1. The van der Waals surface area contributed by atoms with E-state index >= 15 is 0 Å². The molecule has 1 amide bonds. The molecule has 0 unspecified atom stereocenters. The van der Waals surface area contributed by atoms with Gasteiger partial charge in [-0.3, -0.25) is 4.79 Å². The highest BCUT2D eigenvalue weighted by Crippen LogP contribution is 2.23. The van der Waals surface area contributed by atoms with Gasteiger partial charge in [0.05, 0.1) is 11.8 Å². The molecule has 0 bridgehead atoms. The number of aromatic nitrogens is 1. The molecular weight excluding hydrogens is 266 g/mol. The summed E-state index contributed by atoms with van der Waals surface area (Å²) in [4.78, 5) is 18.9. The number of nitrogens with one attached hydrogen (secondary N) is 1.